The highest BCUT2D eigenvalue weighted by Gasteiger charge is 2.16. The van der Waals surface area contributed by atoms with Crippen molar-refractivity contribution in [3.63, 3.8) is 0 Å². The van der Waals surface area contributed by atoms with Crippen LogP contribution in [0.5, 0.6) is 0 Å². The molecule has 24 heavy (non-hydrogen) atoms. The number of rotatable bonds is 6. The number of aliphatic imine (C=N–C) groups is 1. The fraction of sp³-hybridized carbons (Fsp3) is 0.579. The van der Waals surface area contributed by atoms with E-state index in [0.717, 1.165) is 18.4 Å². The average Bonchev–Trinajstić information content (AvgIpc) is 2.60. The fourth-order valence-corrected chi connectivity index (χ4v) is 2.70. The lowest BCUT2D eigenvalue weighted by Gasteiger charge is -2.19. The number of hydrogen-bond acceptors (Lipinski definition) is 4. The van der Waals surface area contributed by atoms with E-state index in [9.17, 15) is 4.79 Å². The summed E-state index contributed by atoms with van der Waals surface area (Å²) in [6.45, 7) is 5.45. The SMILES string of the molecule is CCOCCOC(=NC1CCCCC1)NC(=O)c1ccc(C)cc1. The van der Waals surface area contributed by atoms with E-state index in [1.807, 2.05) is 38.1 Å². The Balaban J connectivity index is 1.99. The number of nitrogens with zero attached hydrogens (tertiary/aromatic N) is 1. The molecule has 0 radical (unpaired) electrons. The van der Waals surface area contributed by atoms with Gasteiger partial charge in [0, 0.05) is 12.2 Å². The number of nitrogens with one attached hydrogen (secondary N) is 1. The van der Waals surface area contributed by atoms with Gasteiger partial charge in [-0.2, -0.15) is 0 Å². The number of carbonyl (C=O) groups is 1. The van der Waals surface area contributed by atoms with E-state index in [1.165, 1.54) is 19.3 Å². The quantitative estimate of drug-likeness (QED) is 0.493. The third-order valence-corrected chi connectivity index (χ3v) is 4.08. The van der Waals surface area contributed by atoms with Gasteiger partial charge in [0.1, 0.15) is 6.61 Å². The lowest BCUT2D eigenvalue weighted by Crippen LogP contribution is -2.34. The van der Waals surface area contributed by atoms with Crippen molar-refractivity contribution >= 4 is 11.9 Å². The molecular formula is C19H28N2O3. The second-order valence-electron chi connectivity index (χ2n) is 6.09. The first-order chi connectivity index (χ1) is 11.7. The summed E-state index contributed by atoms with van der Waals surface area (Å²) in [5.41, 5.74) is 1.72. The first-order valence-electron chi connectivity index (χ1n) is 8.85. The Hall–Kier alpha value is -1.88. The molecule has 1 aromatic rings. The molecule has 1 saturated carbocycles. The molecule has 1 aromatic carbocycles. The molecule has 1 fully saturated rings. The minimum Gasteiger partial charge on any atom is -0.463 e. The molecule has 0 aliphatic heterocycles. The number of benzene rings is 1. The summed E-state index contributed by atoms with van der Waals surface area (Å²) in [6.07, 6.45) is 5.75. The predicted octanol–water partition coefficient (Wildman–Crippen LogP) is 3.47. The number of hydrogen-bond donors (Lipinski definition) is 1. The first-order valence-corrected chi connectivity index (χ1v) is 8.85. The van der Waals surface area contributed by atoms with Gasteiger partial charge in [0.25, 0.3) is 11.9 Å². The van der Waals surface area contributed by atoms with Crippen LogP contribution in [0.4, 0.5) is 0 Å². The van der Waals surface area contributed by atoms with Crippen LogP contribution in [0.25, 0.3) is 0 Å². The summed E-state index contributed by atoms with van der Waals surface area (Å²) < 4.78 is 10.9. The van der Waals surface area contributed by atoms with Crippen LogP contribution in [0.3, 0.4) is 0 Å². The zero-order valence-corrected chi connectivity index (χ0v) is 14.7. The molecule has 1 N–H and O–H groups in total. The molecule has 0 atom stereocenters. The van der Waals surface area contributed by atoms with Crippen LogP contribution >= 0.6 is 0 Å². The summed E-state index contributed by atoms with van der Waals surface area (Å²) in [4.78, 5) is 17.0. The van der Waals surface area contributed by atoms with Gasteiger partial charge in [-0.05, 0) is 38.8 Å². The third-order valence-electron chi connectivity index (χ3n) is 4.08. The molecule has 0 unspecified atom stereocenters. The van der Waals surface area contributed by atoms with Crippen molar-refractivity contribution in [3.8, 4) is 0 Å². The largest absolute Gasteiger partial charge is 0.463 e. The van der Waals surface area contributed by atoms with Crippen molar-refractivity contribution in [3.05, 3.63) is 35.4 Å². The number of amides is 1. The molecule has 132 valence electrons. The fourth-order valence-electron chi connectivity index (χ4n) is 2.70. The van der Waals surface area contributed by atoms with Gasteiger partial charge < -0.3 is 9.47 Å². The predicted molar refractivity (Wildman–Crippen MR) is 95.4 cm³/mol. The van der Waals surface area contributed by atoms with E-state index >= 15 is 0 Å². The highest BCUT2D eigenvalue weighted by Crippen LogP contribution is 2.20. The summed E-state index contributed by atoms with van der Waals surface area (Å²) in [7, 11) is 0. The van der Waals surface area contributed by atoms with Crippen molar-refractivity contribution in [2.45, 2.75) is 52.0 Å². The second kappa shape index (κ2) is 10.1. The van der Waals surface area contributed by atoms with E-state index in [2.05, 4.69) is 10.3 Å². The molecule has 5 nitrogen and oxygen atoms in total. The lowest BCUT2D eigenvalue weighted by atomic mass is 9.96. The summed E-state index contributed by atoms with van der Waals surface area (Å²) in [5, 5.41) is 2.81. The van der Waals surface area contributed by atoms with Gasteiger partial charge in [0.2, 0.25) is 0 Å². The molecule has 1 aliphatic rings. The van der Waals surface area contributed by atoms with Crippen LogP contribution in [0.15, 0.2) is 29.3 Å². The van der Waals surface area contributed by atoms with Crippen molar-refractivity contribution in [2.24, 2.45) is 4.99 Å². The molecule has 0 bridgehead atoms. The Labute approximate surface area is 144 Å². The Kier molecular flexibility index (Phi) is 7.75. The maximum absolute atomic E-state index is 12.4. The Morgan fingerprint density at radius 2 is 1.88 bits per heavy atom. The highest BCUT2D eigenvalue weighted by molar-refractivity contribution is 6.04. The number of amidine groups is 1. The maximum Gasteiger partial charge on any atom is 0.292 e. The molecule has 2 rings (SSSR count). The molecule has 0 aromatic heterocycles. The van der Waals surface area contributed by atoms with Crippen LogP contribution in [0.2, 0.25) is 0 Å². The summed E-state index contributed by atoms with van der Waals surface area (Å²) in [6, 6.07) is 8.00. The zero-order chi connectivity index (χ0) is 17.2. The zero-order valence-electron chi connectivity index (χ0n) is 14.7. The molecule has 0 spiro atoms. The van der Waals surface area contributed by atoms with E-state index in [-0.39, 0.29) is 11.9 Å². The van der Waals surface area contributed by atoms with Gasteiger partial charge in [-0.1, -0.05) is 37.0 Å². The molecule has 0 heterocycles. The van der Waals surface area contributed by atoms with E-state index < -0.39 is 0 Å². The van der Waals surface area contributed by atoms with E-state index in [0.29, 0.717) is 31.4 Å². The van der Waals surface area contributed by atoms with Crippen LogP contribution in [0, 0.1) is 6.92 Å². The second-order valence-corrected chi connectivity index (χ2v) is 6.09. The van der Waals surface area contributed by atoms with E-state index in [1.54, 1.807) is 0 Å². The third kappa shape index (κ3) is 6.32. The highest BCUT2D eigenvalue weighted by atomic mass is 16.5. The van der Waals surface area contributed by atoms with Gasteiger partial charge in [-0.25, -0.2) is 4.99 Å². The Morgan fingerprint density at radius 3 is 2.54 bits per heavy atom. The molecule has 1 aliphatic carbocycles. The standard InChI is InChI=1S/C19H28N2O3/c1-3-23-13-14-24-19(20-17-7-5-4-6-8-17)21-18(22)16-11-9-15(2)10-12-16/h9-12,17H,3-8,13-14H2,1-2H3,(H,20,21,22). The van der Waals surface area contributed by atoms with Gasteiger partial charge in [0.05, 0.1) is 12.6 Å². The monoisotopic (exact) mass is 332 g/mol. The lowest BCUT2D eigenvalue weighted by molar-refractivity contribution is 0.0920. The van der Waals surface area contributed by atoms with Crippen molar-refractivity contribution in [1.29, 1.82) is 0 Å². The van der Waals surface area contributed by atoms with Gasteiger partial charge in [-0.3, -0.25) is 10.1 Å². The van der Waals surface area contributed by atoms with E-state index in [4.69, 9.17) is 9.47 Å². The average molecular weight is 332 g/mol. The van der Waals surface area contributed by atoms with Gasteiger partial charge in [-0.15, -0.1) is 0 Å². The summed E-state index contributed by atoms with van der Waals surface area (Å²) >= 11 is 0. The van der Waals surface area contributed by atoms with Crippen LogP contribution in [0.1, 0.15) is 54.9 Å². The molecule has 0 saturated heterocycles. The molecule has 5 heteroatoms. The minimum absolute atomic E-state index is 0.194. The first kappa shape index (κ1) is 18.5. The number of carbonyl (C=O) groups excluding carboxylic acids is 1. The van der Waals surface area contributed by atoms with Crippen LogP contribution in [-0.4, -0.2) is 37.8 Å². The summed E-state index contributed by atoms with van der Waals surface area (Å²) in [5.74, 6) is -0.194. The van der Waals surface area contributed by atoms with Crippen molar-refractivity contribution in [1.82, 2.24) is 5.32 Å². The molecular weight excluding hydrogens is 304 g/mol. The van der Waals surface area contributed by atoms with Crippen LogP contribution < -0.4 is 5.32 Å². The smallest absolute Gasteiger partial charge is 0.292 e. The topological polar surface area (TPSA) is 59.9 Å². The maximum atomic E-state index is 12.4. The van der Waals surface area contributed by atoms with Crippen molar-refractivity contribution < 1.29 is 14.3 Å². The van der Waals surface area contributed by atoms with Crippen molar-refractivity contribution in [2.75, 3.05) is 19.8 Å². The number of aryl methyl sites for hydroxylation is 1. The van der Waals surface area contributed by atoms with Crippen LogP contribution in [-0.2, 0) is 9.47 Å². The minimum atomic E-state index is -0.194. The normalized spacial score (nSPS) is 16.0. The van der Waals surface area contributed by atoms with Gasteiger partial charge >= 0.3 is 0 Å². The Bertz CT molecular complexity index is 534. The number of ether oxygens (including phenoxy) is 2. The Morgan fingerprint density at radius 1 is 1.17 bits per heavy atom. The molecule has 1 amide bonds. The van der Waals surface area contributed by atoms with Gasteiger partial charge in [0.15, 0.2) is 0 Å².